The number of amides is 1. The molecule has 0 bridgehead atoms. The van der Waals surface area contributed by atoms with Crippen LogP contribution in [0.25, 0.3) is 11.1 Å². The molecule has 0 atom stereocenters. The number of nitrogens with one attached hydrogen (secondary N) is 1. The zero-order valence-corrected chi connectivity index (χ0v) is 19.2. The second-order valence-electron chi connectivity index (χ2n) is 8.39. The van der Waals surface area contributed by atoms with Gasteiger partial charge in [-0.25, -0.2) is 0 Å². The number of aryl methyl sites for hydroxylation is 1. The third kappa shape index (κ3) is 4.86. The van der Waals surface area contributed by atoms with Crippen LogP contribution in [-0.4, -0.2) is 40.8 Å². The van der Waals surface area contributed by atoms with Gasteiger partial charge in [0.05, 0.1) is 13.3 Å². The van der Waals surface area contributed by atoms with Gasteiger partial charge in [0.1, 0.15) is 5.75 Å². The van der Waals surface area contributed by atoms with E-state index >= 15 is 0 Å². The highest BCUT2D eigenvalue weighted by atomic mass is 16.5. The van der Waals surface area contributed by atoms with Crippen LogP contribution in [0.15, 0.2) is 54.7 Å². The summed E-state index contributed by atoms with van der Waals surface area (Å²) in [7, 11) is 1.66. The molecule has 0 spiro atoms. The SMILES string of the molecule is CCn1ncc(CN2CCC(C(=O)Nc3ccccc3-c3cccc(OC)c3)CC2)c1C. The smallest absolute Gasteiger partial charge is 0.227 e. The summed E-state index contributed by atoms with van der Waals surface area (Å²) in [6.45, 7) is 7.88. The second-order valence-corrected chi connectivity index (χ2v) is 8.39. The molecular weight excluding hydrogens is 400 g/mol. The number of carbonyl (C=O) groups excluding carboxylic acids is 1. The molecule has 0 unspecified atom stereocenters. The standard InChI is InChI=1S/C26H32N4O2/c1-4-30-19(2)22(17-27-30)18-29-14-12-20(13-15-29)26(31)28-25-11-6-5-10-24(25)21-8-7-9-23(16-21)32-3/h5-11,16-17,20H,4,12-15,18H2,1-3H3,(H,28,31). The Morgan fingerprint density at radius 3 is 2.66 bits per heavy atom. The highest BCUT2D eigenvalue weighted by Crippen LogP contribution is 2.31. The molecule has 1 aromatic heterocycles. The summed E-state index contributed by atoms with van der Waals surface area (Å²) in [4.78, 5) is 15.5. The van der Waals surface area contributed by atoms with Crippen molar-refractivity contribution in [3.63, 3.8) is 0 Å². The number of hydrogen-bond acceptors (Lipinski definition) is 4. The Balaban J connectivity index is 1.38. The summed E-state index contributed by atoms with van der Waals surface area (Å²) in [6, 6.07) is 15.9. The first kappa shape index (κ1) is 22.1. The van der Waals surface area contributed by atoms with Gasteiger partial charge in [0.2, 0.25) is 5.91 Å². The lowest BCUT2D eigenvalue weighted by Crippen LogP contribution is -2.37. The molecule has 0 radical (unpaired) electrons. The summed E-state index contributed by atoms with van der Waals surface area (Å²) < 4.78 is 7.40. The number of methoxy groups -OCH3 is 1. The van der Waals surface area contributed by atoms with E-state index in [9.17, 15) is 4.79 Å². The Kier molecular flexibility index (Phi) is 6.90. The van der Waals surface area contributed by atoms with Crippen molar-refractivity contribution < 1.29 is 9.53 Å². The highest BCUT2D eigenvalue weighted by Gasteiger charge is 2.26. The van der Waals surface area contributed by atoms with Crippen molar-refractivity contribution in [1.29, 1.82) is 0 Å². The van der Waals surface area contributed by atoms with Gasteiger partial charge in [0.25, 0.3) is 0 Å². The number of aromatic nitrogens is 2. The van der Waals surface area contributed by atoms with Crippen LogP contribution in [-0.2, 0) is 17.9 Å². The third-order valence-corrected chi connectivity index (χ3v) is 6.42. The number of carbonyl (C=O) groups is 1. The van der Waals surface area contributed by atoms with Crippen molar-refractivity contribution in [1.82, 2.24) is 14.7 Å². The van der Waals surface area contributed by atoms with Gasteiger partial charge in [-0.3, -0.25) is 14.4 Å². The monoisotopic (exact) mass is 432 g/mol. The minimum Gasteiger partial charge on any atom is -0.497 e. The van der Waals surface area contributed by atoms with E-state index in [0.29, 0.717) is 0 Å². The number of rotatable bonds is 7. The fraction of sp³-hybridized carbons (Fsp3) is 0.385. The van der Waals surface area contributed by atoms with Crippen molar-refractivity contribution in [3.8, 4) is 16.9 Å². The van der Waals surface area contributed by atoms with Crippen LogP contribution in [0.2, 0.25) is 0 Å². The van der Waals surface area contributed by atoms with Gasteiger partial charge in [-0.05, 0) is 63.5 Å². The van der Waals surface area contributed by atoms with Crippen LogP contribution in [0.4, 0.5) is 5.69 Å². The Morgan fingerprint density at radius 2 is 1.94 bits per heavy atom. The maximum Gasteiger partial charge on any atom is 0.227 e. The number of ether oxygens (including phenoxy) is 1. The number of benzene rings is 2. The Hall–Kier alpha value is -3.12. The lowest BCUT2D eigenvalue weighted by molar-refractivity contribution is -0.121. The molecule has 1 amide bonds. The van der Waals surface area contributed by atoms with Gasteiger partial charge in [0, 0.05) is 41.5 Å². The quantitative estimate of drug-likeness (QED) is 0.586. The molecular formula is C26H32N4O2. The molecule has 1 aliphatic rings. The number of para-hydroxylation sites is 1. The molecule has 6 nitrogen and oxygen atoms in total. The van der Waals surface area contributed by atoms with Crippen molar-refractivity contribution >= 4 is 11.6 Å². The highest BCUT2D eigenvalue weighted by molar-refractivity contribution is 5.96. The number of nitrogens with zero attached hydrogens (tertiary/aromatic N) is 3. The Labute approximate surface area is 190 Å². The van der Waals surface area contributed by atoms with E-state index in [4.69, 9.17) is 4.74 Å². The zero-order valence-electron chi connectivity index (χ0n) is 19.2. The molecule has 1 saturated heterocycles. The van der Waals surface area contributed by atoms with Crippen molar-refractivity contribution in [2.45, 2.75) is 39.8 Å². The Bertz CT molecular complexity index is 1070. The fourth-order valence-electron chi connectivity index (χ4n) is 4.42. The van der Waals surface area contributed by atoms with E-state index in [1.54, 1.807) is 7.11 Å². The minimum absolute atomic E-state index is 0.0316. The number of anilines is 1. The lowest BCUT2D eigenvalue weighted by atomic mass is 9.95. The molecule has 2 heterocycles. The molecule has 3 aromatic rings. The molecule has 6 heteroatoms. The van der Waals surface area contributed by atoms with Crippen LogP contribution in [0.5, 0.6) is 5.75 Å². The van der Waals surface area contributed by atoms with Crippen molar-refractivity contribution in [2.75, 3.05) is 25.5 Å². The number of likely N-dealkylation sites (tertiary alicyclic amines) is 1. The van der Waals surface area contributed by atoms with Crippen LogP contribution in [0.1, 0.15) is 31.0 Å². The predicted octanol–water partition coefficient (Wildman–Crippen LogP) is 4.74. The average molecular weight is 433 g/mol. The summed E-state index contributed by atoms with van der Waals surface area (Å²) in [5.74, 6) is 0.940. The van der Waals surface area contributed by atoms with E-state index in [1.807, 2.05) is 59.4 Å². The van der Waals surface area contributed by atoms with Gasteiger partial charge in [-0.15, -0.1) is 0 Å². The predicted molar refractivity (Wildman–Crippen MR) is 128 cm³/mol. The molecule has 1 aliphatic heterocycles. The molecule has 0 saturated carbocycles. The summed E-state index contributed by atoms with van der Waals surface area (Å²) in [5.41, 5.74) is 5.39. The first-order chi connectivity index (χ1) is 15.6. The van der Waals surface area contributed by atoms with Crippen LogP contribution >= 0.6 is 0 Å². The van der Waals surface area contributed by atoms with Gasteiger partial charge < -0.3 is 10.1 Å². The molecule has 2 aromatic carbocycles. The van der Waals surface area contributed by atoms with E-state index in [-0.39, 0.29) is 11.8 Å². The fourth-order valence-corrected chi connectivity index (χ4v) is 4.42. The van der Waals surface area contributed by atoms with Gasteiger partial charge in [-0.1, -0.05) is 30.3 Å². The van der Waals surface area contributed by atoms with E-state index in [0.717, 1.165) is 61.6 Å². The summed E-state index contributed by atoms with van der Waals surface area (Å²) in [6.07, 6.45) is 3.72. The average Bonchev–Trinajstić information content (AvgIpc) is 3.19. The first-order valence-corrected chi connectivity index (χ1v) is 11.4. The van der Waals surface area contributed by atoms with Crippen molar-refractivity contribution in [3.05, 3.63) is 66.0 Å². The number of hydrogen-bond donors (Lipinski definition) is 1. The van der Waals surface area contributed by atoms with E-state index in [2.05, 4.69) is 29.2 Å². The Morgan fingerprint density at radius 1 is 1.16 bits per heavy atom. The molecule has 32 heavy (non-hydrogen) atoms. The molecule has 4 rings (SSSR count). The van der Waals surface area contributed by atoms with E-state index in [1.165, 1.54) is 11.3 Å². The van der Waals surface area contributed by atoms with Crippen LogP contribution in [0.3, 0.4) is 0 Å². The zero-order chi connectivity index (χ0) is 22.5. The molecule has 168 valence electrons. The maximum atomic E-state index is 13.1. The largest absolute Gasteiger partial charge is 0.497 e. The molecule has 1 N–H and O–H groups in total. The molecule has 1 fully saturated rings. The summed E-state index contributed by atoms with van der Waals surface area (Å²) >= 11 is 0. The second kappa shape index (κ2) is 10.0. The van der Waals surface area contributed by atoms with Crippen molar-refractivity contribution in [2.24, 2.45) is 5.92 Å². The first-order valence-electron chi connectivity index (χ1n) is 11.4. The van der Waals surface area contributed by atoms with Gasteiger partial charge >= 0.3 is 0 Å². The van der Waals surface area contributed by atoms with Gasteiger partial charge in [0.15, 0.2) is 0 Å². The normalized spacial score (nSPS) is 15.0. The van der Waals surface area contributed by atoms with Gasteiger partial charge in [-0.2, -0.15) is 5.10 Å². The molecule has 0 aliphatic carbocycles. The van der Waals surface area contributed by atoms with Crippen LogP contribution < -0.4 is 10.1 Å². The lowest BCUT2D eigenvalue weighted by Gasteiger charge is -2.31. The third-order valence-electron chi connectivity index (χ3n) is 6.42. The van der Waals surface area contributed by atoms with Crippen LogP contribution in [0, 0.1) is 12.8 Å². The summed E-state index contributed by atoms with van der Waals surface area (Å²) in [5, 5.41) is 7.64. The topological polar surface area (TPSA) is 59.4 Å². The minimum atomic E-state index is 0.0316. The number of piperidine rings is 1. The van der Waals surface area contributed by atoms with E-state index < -0.39 is 0 Å². The maximum absolute atomic E-state index is 13.1.